The van der Waals surface area contributed by atoms with E-state index in [1.807, 2.05) is 30.3 Å². The third-order valence-electron chi connectivity index (χ3n) is 3.24. The smallest absolute Gasteiger partial charge is 0.294 e. The van der Waals surface area contributed by atoms with Crippen LogP contribution in [0.5, 0.6) is 0 Å². The summed E-state index contributed by atoms with van der Waals surface area (Å²) in [7, 11) is 0. The van der Waals surface area contributed by atoms with E-state index in [0.717, 1.165) is 5.56 Å². The van der Waals surface area contributed by atoms with E-state index in [-0.39, 0.29) is 0 Å². The predicted octanol–water partition coefficient (Wildman–Crippen LogP) is -0.000300. The second-order valence-electron chi connectivity index (χ2n) is 4.41. The molecule has 1 saturated heterocycles. The van der Waals surface area contributed by atoms with Crippen molar-refractivity contribution in [2.45, 2.75) is 24.8 Å². The number of nitrogens with one attached hydrogen (secondary N) is 2. The summed E-state index contributed by atoms with van der Waals surface area (Å²) in [4.78, 5) is 10.6. The number of carbonyl (C=O) groups excluding carboxylic acids is 1. The van der Waals surface area contributed by atoms with Gasteiger partial charge >= 0.3 is 0 Å². The lowest BCUT2D eigenvalue weighted by molar-refractivity contribution is -0.171. The number of piperidine rings is 1. The van der Waals surface area contributed by atoms with Crippen molar-refractivity contribution in [3.63, 3.8) is 0 Å². The summed E-state index contributed by atoms with van der Waals surface area (Å²) < 4.78 is 5.12. The molecule has 1 aromatic rings. The number of β-amino-alcohol motifs (C(OH)–C–C–N with tert-alkyl or cyclic N) is 1. The predicted molar refractivity (Wildman–Crippen MR) is 66.7 cm³/mol. The number of hydrogen-bond donors (Lipinski definition) is 3. The standard InChI is InChI=1S/C13H18N2O3/c16-10-18-13(6-7-14-9-12(13)17)15-8-11-4-2-1-3-5-11/h1-5,10,12,14-15,17H,6-9H2/t12-,13-/m1/s1. The molecule has 98 valence electrons. The van der Waals surface area contributed by atoms with Crippen LogP contribution in [0.1, 0.15) is 12.0 Å². The highest BCUT2D eigenvalue weighted by atomic mass is 16.6. The molecule has 1 aromatic carbocycles. The zero-order valence-corrected chi connectivity index (χ0v) is 10.1. The zero-order chi connectivity index (χ0) is 12.8. The first-order valence-corrected chi connectivity index (χ1v) is 6.06. The van der Waals surface area contributed by atoms with Crippen molar-refractivity contribution in [2.75, 3.05) is 13.1 Å². The molecule has 1 heterocycles. The molecule has 3 N–H and O–H groups in total. The monoisotopic (exact) mass is 250 g/mol. The lowest BCUT2D eigenvalue weighted by Gasteiger charge is -2.40. The van der Waals surface area contributed by atoms with Gasteiger partial charge in [0.15, 0.2) is 5.72 Å². The third-order valence-corrected chi connectivity index (χ3v) is 3.24. The second kappa shape index (κ2) is 5.95. The van der Waals surface area contributed by atoms with Crippen LogP contribution in [0, 0.1) is 0 Å². The van der Waals surface area contributed by atoms with E-state index in [0.29, 0.717) is 32.5 Å². The Bertz CT molecular complexity index is 385. The van der Waals surface area contributed by atoms with Crippen molar-refractivity contribution in [3.8, 4) is 0 Å². The molecule has 0 aromatic heterocycles. The molecule has 2 atom stereocenters. The average Bonchev–Trinajstić information content (AvgIpc) is 2.41. The van der Waals surface area contributed by atoms with E-state index in [4.69, 9.17) is 4.74 Å². The highest BCUT2D eigenvalue weighted by Gasteiger charge is 2.41. The van der Waals surface area contributed by atoms with Gasteiger partial charge < -0.3 is 15.2 Å². The van der Waals surface area contributed by atoms with Crippen molar-refractivity contribution in [3.05, 3.63) is 35.9 Å². The molecule has 0 radical (unpaired) electrons. The van der Waals surface area contributed by atoms with Crippen LogP contribution in [0.15, 0.2) is 30.3 Å². The van der Waals surface area contributed by atoms with Crippen molar-refractivity contribution < 1.29 is 14.6 Å². The van der Waals surface area contributed by atoms with Crippen LogP contribution in [-0.4, -0.2) is 36.5 Å². The van der Waals surface area contributed by atoms with Crippen LogP contribution in [0.3, 0.4) is 0 Å². The Morgan fingerprint density at radius 3 is 2.94 bits per heavy atom. The first-order valence-electron chi connectivity index (χ1n) is 6.06. The topological polar surface area (TPSA) is 70.6 Å². The molecule has 1 aliphatic heterocycles. The van der Waals surface area contributed by atoms with E-state index in [2.05, 4.69) is 10.6 Å². The summed E-state index contributed by atoms with van der Waals surface area (Å²) in [5, 5.41) is 16.2. The fourth-order valence-electron chi connectivity index (χ4n) is 2.16. The number of rotatable bonds is 5. The largest absolute Gasteiger partial charge is 0.443 e. The molecular weight excluding hydrogens is 232 g/mol. The Morgan fingerprint density at radius 1 is 1.50 bits per heavy atom. The van der Waals surface area contributed by atoms with Gasteiger partial charge in [0.25, 0.3) is 6.47 Å². The Labute approximate surface area is 106 Å². The molecular formula is C13H18N2O3. The molecule has 0 spiro atoms. The lowest BCUT2D eigenvalue weighted by atomic mass is 9.98. The highest BCUT2D eigenvalue weighted by Crippen LogP contribution is 2.20. The molecule has 5 nitrogen and oxygen atoms in total. The van der Waals surface area contributed by atoms with Crippen LogP contribution in [0.2, 0.25) is 0 Å². The average molecular weight is 250 g/mol. The second-order valence-corrected chi connectivity index (χ2v) is 4.41. The fourth-order valence-corrected chi connectivity index (χ4v) is 2.16. The third kappa shape index (κ3) is 2.87. The first-order chi connectivity index (χ1) is 8.77. The van der Waals surface area contributed by atoms with Crippen LogP contribution in [0.4, 0.5) is 0 Å². The van der Waals surface area contributed by atoms with Crippen molar-refractivity contribution in [1.82, 2.24) is 10.6 Å². The minimum absolute atomic E-state index is 0.395. The zero-order valence-electron chi connectivity index (χ0n) is 10.1. The van der Waals surface area contributed by atoms with Crippen LogP contribution >= 0.6 is 0 Å². The van der Waals surface area contributed by atoms with Crippen molar-refractivity contribution >= 4 is 6.47 Å². The summed E-state index contributed by atoms with van der Waals surface area (Å²) in [6.45, 7) is 2.06. The van der Waals surface area contributed by atoms with E-state index in [1.165, 1.54) is 0 Å². The summed E-state index contributed by atoms with van der Waals surface area (Å²) >= 11 is 0. The summed E-state index contributed by atoms with van der Waals surface area (Å²) in [5.41, 5.74) is 0.0974. The number of aliphatic hydroxyl groups excluding tert-OH is 1. The van der Waals surface area contributed by atoms with Crippen LogP contribution < -0.4 is 10.6 Å². The van der Waals surface area contributed by atoms with E-state index >= 15 is 0 Å². The van der Waals surface area contributed by atoms with Crippen molar-refractivity contribution in [2.24, 2.45) is 0 Å². The minimum atomic E-state index is -0.983. The van der Waals surface area contributed by atoms with Gasteiger partial charge in [-0.2, -0.15) is 0 Å². The number of aliphatic hydroxyl groups is 1. The van der Waals surface area contributed by atoms with Gasteiger partial charge in [0.05, 0.1) is 0 Å². The summed E-state index contributed by atoms with van der Waals surface area (Å²) in [6, 6.07) is 9.80. The molecule has 0 bridgehead atoms. The van der Waals surface area contributed by atoms with E-state index in [9.17, 15) is 9.90 Å². The summed E-state index contributed by atoms with van der Waals surface area (Å²) in [5.74, 6) is 0. The van der Waals surface area contributed by atoms with E-state index in [1.54, 1.807) is 0 Å². The molecule has 1 fully saturated rings. The Balaban J connectivity index is 2.03. The van der Waals surface area contributed by atoms with Gasteiger partial charge in [-0.25, -0.2) is 0 Å². The molecule has 18 heavy (non-hydrogen) atoms. The van der Waals surface area contributed by atoms with Gasteiger partial charge in [-0.1, -0.05) is 30.3 Å². The Morgan fingerprint density at radius 2 is 2.28 bits per heavy atom. The molecule has 0 aliphatic carbocycles. The number of ether oxygens (including phenoxy) is 1. The fraction of sp³-hybridized carbons (Fsp3) is 0.462. The number of carbonyl (C=O) groups is 1. The van der Waals surface area contributed by atoms with Crippen LogP contribution in [-0.2, 0) is 16.1 Å². The Kier molecular flexibility index (Phi) is 4.30. The maximum atomic E-state index is 10.6. The lowest BCUT2D eigenvalue weighted by Crippen LogP contribution is -2.63. The molecule has 5 heteroatoms. The Hall–Kier alpha value is -1.43. The van der Waals surface area contributed by atoms with Gasteiger partial charge in [0.1, 0.15) is 6.10 Å². The maximum Gasteiger partial charge on any atom is 0.294 e. The SMILES string of the molecule is O=CO[C@]1(NCc2ccccc2)CCNC[C@H]1O. The molecule has 0 saturated carbocycles. The number of benzene rings is 1. The molecule has 2 rings (SSSR count). The normalized spacial score (nSPS) is 27.7. The van der Waals surface area contributed by atoms with Gasteiger partial charge in [0, 0.05) is 26.1 Å². The minimum Gasteiger partial charge on any atom is -0.443 e. The van der Waals surface area contributed by atoms with Crippen LogP contribution in [0.25, 0.3) is 0 Å². The first kappa shape index (κ1) is 13.0. The van der Waals surface area contributed by atoms with Gasteiger partial charge in [-0.3, -0.25) is 10.1 Å². The van der Waals surface area contributed by atoms with Gasteiger partial charge in [-0.15, -0.1) is 0 Å². The summed E-state index contributed by atoms with van der Waals surface area (Å²) in [6.07, 6.45) is -0.208. The molecule has 0 amide bonds. The molecule has 1 aliphatic rings. The quantitative estimate of drug-likeness (QED) is 0.507. The van der Waals surface area contributed by atoms with Gasteiger partial charge in [0.2, 0.25) is 0 Å². The van der Waals surface area contributed by atoms with E-state index < -0.39 is 11.8 Å². The molecule has 0 unspecified atom stereocenters. The van der Waals surface area contributed by atoms with Crippen molar-refractivity contribution in [1.29, 1.82) is 0 Å². The van der Waals surface area contributed by atoms with Gasteiger partial charge in [-0.05, 0) is 5.56 Å². The highest BCUT2D eigenvalue weighted by molar-refractivity contribution is 5.38. The number of hydrogen-bond acceptors (Lipinski definition) is 5. The maximum absolute atomic E-state index is 10.6.